The summed E-state index contributed by atoms with van der Waals surface area (Å²) in [5.74, 6) is -2.17. The molecular formula is C24H22KN3O4. The summed E-state index contributed by atoms with van der Waals surface area (Å²) in [5, 5.41) is 21.5. The monoisotopic (exact) mass is 455 g/mol. The van der Waals surface area contributed by atoms with Gasteiger partial charge in [0.05, 0.1) is 0 Å². The van der Waals surface area contributed by atoms with Crippen LogP contribution < -0.4 is 67.1 Å². The first-order valence-corrected chi connectivity index (χ1v) is 9.66. The third-order valence-corrected chi connectivity index (χ3v) is 5.08. The number of anilines is 2. The molecule has 0 aliphatic carbocycles. The molecule has 0 unspecified atom stereocenters. The van der Waals surface area contributed by atoms with Crippen LogP contribution in [0.1, 0.15) is 43.0 Å². The normalized spacial score (nSPS) is 10.1. The standard InChI is InChI=1S/C24H23N3O4.K/c1-13-5-9-17(10-6-13)25-23(29)19-15(3)21(27-31)16(4)20(22(19)28)24(30)26-18-11-7-14(2)8-12-18;/h5-12,28H,1-4H3,(H,25,29)(H,26,30);/q;+1/p-1. The Hall–Kier alpha value is -2.36. The molecule has 0 spiro atoms. The molecule has 7 nitrogen and oxygen atoms in total. The van der Waals surface area contributed by atoms with Crippen LogP contribution in [0.2, 0.25) is 0 Å². The maximum absolute atomic E-state index is 13.2. The predicted octanol–water partition coefficient (Wildman–Crippen LogP) is 1.90. The van der Waals surface area contributed by atoms with Crippen molar-refractivity contribution in [1.29, 1.82) is 0 Å². The Morgan fingerprint density at radius 2 is 1.06 bits per heavy atom. The molecule has 0 atom stereocenters. The van der Waals surface area contributed by atoms with Gasteiger partial charge in [0.1, 0.15) is 5.69 Å². The van der Waals surface area contributed by atoms with E-state index in [2.05, 4.69) is 15.8 Å². The van der Waals surface area contributed by atoms with Crippen LogP contribution in [0, 0.1) is 32.6 Å². The number of rotatable bonds is 5. The molecule has 0 aliphatic rings. The van der Waals surface area contributed by atoms with E-state index in [-0.39, 0.29) is 79.3 Å². The van der Waals surface area contributed by atoms with Gasteiger partial charge in [-0.05, 0) is 68.3 Å². The van der Waals surface area contributed by atoms with Gasteiger partial charge in [-0.2, -0.15) is 0 Å². The summed E-state index contributed by atoms with van der Waals surface area (Å²) in [7, 11) is 0. The van der Waals surface area contributed by atoms with Gasteiger partial charge in [0, 0.05) is 22.5 Å². The third-order valence-electron chi connectivity index (χ3n) is 5.08. The molecule has 2 N–H and O–H groups in total. The van der Waals surface area contributed by atoms with Crippen LogP contribution in [-0.2, 0) is 0 Å². The minimum atomic E-state index is -0.753. The molecule has 3 aromatic carbocycles. The van der Waals surface area contributed by atoms with E-state index in [1.54, 1.807) is 24.3 Å². The SMILES string of the molecule is Cc1ccc(NC(=O)c2c(C)c(N=O)c(C)c(C(=O)Nc3ccc(C)cc3)c2[O-])cc1.[K+]. The Morgan fingerprint density at radius 1 is 0.719 bits per heavy atom. The van der Waals surface area contributed by atoms with Crippen LogP contribution in [0.4, 0.5) is 17.1 Å². The summed E-state index contributed by atoms with van der Waals surface area (Å²) in [6, 6.07) is 14.1. The number of nitroso groups, excluding NO2 is 1. The number of aryl methyl sites for hydroxylation is 2. The van der Waals surface area contributed by atoms with Crippen molar-refractivity contribution in [2.75, 3.05) is 10.6 Å². The molecule has 0 saturated heterocycles. The largest absolute Gasteiger partial charge is 1.00 e. The molecule has 8 heteroatoms. The van der Waals surface area contributed by atoms with E-state index in [4.69, 9.17) is 0 Å². The van der Waals surface area contributed by atoms with E-state index >= 15 is 0 Å². The molecule has 3 aromatic rings. The number of nitrogens with one attached hydrogen (secondary N) is 2. The van der Waals surface area contributed by atoms with Gasteiger partial charge in [-0.3, -0.25) is 9.59 Å². The number of hydrogen-bond acceptors (Lipinski definition) is 5. The van der Waals surface area contributed by atoms with Crippen LogP contribution >= 0.6 is 0 Å². The second-order valence-corrected chi connectivity index (χ2v) is 7.41. The summed E-state index contributed by atoms with van der Waals surface area (Å²) in [5.41, 5.74) is 2.60. The minimum absolute atomic E-state index is 0. The van der Waals surface area contributed by atoms with E-state index in [1.807, 2.05) is 38.1 Å². The maximum Gasteiger partial charge on any atom is 1.00 e. The fourth-order valence-electron chi connectivity index (χ4n) is 3.33. The fraction of sp³-hybridized carbons (Fsp3) is 0.167. The quantitative estimate of drug-likeness (QED) is 0.452. The first-order valence-electron chi connectivity index (χ1n) is 9.66. The van der Waals surface area contributed by atoms with Crippen LogP contribution in [0.15, 0.2) is 53.7 Å². The van der Waals surface area contributed by atoms with Gasteiger partial charge in [-0.1, -0.05) is 41.1 Å². The molecule has 3 rings (SSSR count). The van der Waals surface area contributed by atoms with Crippen molar-refractivity contribution >= 4 is 28.9 Å². The topological polar surface area (TPSA) is 111 Å². The average molecular weight is 456 g/mol. The molecule has 0 radical (unpaired) electrons. The van der Waals surface area contributed by atoms with Gasteiger partial charge in [0.25, 0.3) is 11.8 Å². The Morgan fingerprint density at radius 3 is 1.38 bits per heavy atom. The van der Waals surface area contributed by atoms with Gasteiger partial charge in [-0.25, -0.2) is 0 Å². The first kappa shape index (κ1) is 25.9. The molecule has 2 amide bonds. The Kier molecular flexibility index (Phi) is 8.88. The average Bonchev–Trinajstić information content (AvgIpc) is 2.71. The Balaban J connectivity index is 0.00000363. The minimum Gasteiger partial charge on any atom is -0.871 e. The molecule has 0 bridgehead atoms. The fourth-order valence-corrected chi connectivity index (χ4v) is 3.33. The van der Waals surface area contributed by atoms with Crippen molar-refractivity contribution in [3.05, 3.63) is 86.8 Å². The smallest absolute Gasteiger partial charge is 0.871 e. The number of hydrogen-bond donors (Lipinski definition) is 2. The van der Waals surface area contributed by atoms with Gasteiger partial charge < -0.3 is 15.7 Å². The molecular weight excluding hydrogens is 433 g/mol. The van der Waals surface area contributed by atoms with E-state index in [0.717, 1.165) is 11.1 Å². The second-order valence-electron chi connectivity index (χ2n) is 7.41. The predicted molar refractivity (Wildman–Crippen MR) is 119 cm³/mol. The van der Waals surface area contributed by atoms with Crippen LogP contribution in [0.25, 0.3) is 0 Å². The first-order chi connectivity index (χ1) is 14.7. The third kappa shape index (κ3) is 5.51. The van der Waals surface area contributed by atoms with Crippen molar-refractivity contribution < 1.29 is 66.1 Å². The summed E-state index contributed by atoms with van der Waals surface area (Å²) in [6.45, 7) is 6.76. The van der Waals surface area contributed by atoms with Gasteiger partial charge in [0.2, 0.25) is 0 Å². The zero-order valence-corrected chi connectivity index (χ0v) is 21.8. The number of carbonyl (C=O) groups excluding carboxylic acids is 2. The number of carbonyl (C=O) groups is 2. The maximum atomic E-state index is 13.2. The summed E-state index contributed by atoms with van der Waals surface area (Å²) < 4.78 is 0. The van der Waals surface area contributed by atoms with Crippen molar-refractivity contribution in [3.63, 3.8) is 0 Å². The molecule has 32 heavy (non-hydrogen) atoms. The van der Waals surface area contributed by atoms with Gasteiger partial charge >= 0.3 is 51.4 Å². The number of nitrogens with zero attached hydrogens (tertiary/aromatic N) is 1. The van der Waals surface area contributed by atoms with Gasteiger partial charge in [-0.15, -0.1) is 4.91 Å². The van der Waals surface area contributed by atoms with Crippen molar-refractivity contribution in [2.24, 2.45) is 5.18 Å². The van der Waals surface area contributed by atoms with Crippen LogP contribution in [0.3, 0.4) is 0 Å². The summed E-state index contributed by atoms with van der Waals surface area (Å²) >= 11 is 0. The molecule has 158 valence electrons. The Bertz CT molecular complexity index is 1090. The van der Waals surface area contributed by atoms with E-state index in [0.29, 0.717) is 11.4 Å². The molecule has 0 fully saturated rings. The second kappa shape index (κ2) is 11.0. The number of benzene rings is 3. The molecule has 0 saturated carbocycles. The van der Waals surface area contributed by atoms with E-state index < -0.39 is 17.6 Å². The van der Waals surface area contributed by atoms with E-state index in [9.17, 15) is 19.6 Å². The van der Waals surface area contributed by atoms with Crippen molar-refractivity contribution in [3.8, 4) is 5.75 Å². The van der Waals surface area contributed by atoms with E-state index in [1.165, 1.54) is 13.8 Å². The van der Waals surface area contributed by atoms with Crippen LogP contribution in [-0.4, -0.2) is 11.8 Å². The molecule has 0 aromatic heterocycles. The van der Waals surface area contributed by atoms with Gasteiger partial charge in [0.15, 0.2) is 0 Å². The molecule has 0 heterocycles. The zero-order chi connectivity index (χ0) is 22.7. The van der Waals surface area contributed by atoms with Crippen molar-refractivity contribution in [2.45, 2.75) is 27.7 Å². The molecule has 0 aliphatic heterocycles. The summed E-state index contributed by atoms with van der Waals surface area (Å²) in [6.07, 6.45) is 0. The van der Waals surface area contributed by atoms with Crippen LogP contribution in [0.5, 0.6) is 5.75 Å². The zero-order valence-electron chi connectivity index (χ0n) is 18.7. The summed E-state index contributed by atoms with van der Waals surface area (Å²) in [4.78, 5) is 37.3. The number of amides is 2. The Labute approximate surface area is 229 Å². The van der Waals surface area contributed by atoms with Crippen molar-refractivity contribution in [1.82, 2.24) is 0 Å².